The minimum absolute atomic E-state index is 0.179. The van der Waals surface area contributed by atoms with Crippen LogP contribution in [0.4, 0.5) is 0 Å². The van der Waals surface area contributed by atoms with E-state index in [-0.39, 0.29) is 5.41 Å². The molecule has 3 heteroatoms. The van der Waals surface area contributed by atoms with Crippen LogP contribution >= 0.6 is 0 Å². The van der Waals surface area contributed by atoms with E-state index < -0.39 is 0 Å². The first-order valence-electron chi connectivity index (χ1n) is 7.22. The lowest BCUT2D eigenvalue weighted by Gasteiger charge is -2.24. The van der Waals surface area contributed by atoms with Crippen molar-refractivity contribution in [1.82, 2.24) is 0 Å². The van der Waals surface area contributed by atoms with E-state index in [4.69, 9.17) is 14.2 Å². The van der Waals surface area contributed by atoms with E-state index in [1.165, 1.54) is 16.7 Å². The molecule has 0 saturated heterocycles. The van der Waals surface area contributed by atoms with Gasteiger partial charge in [0, 0.05) is 11.6 Å². The number of rotatable bonds is 0. The molecule has 1 unspecified atom stereocenters. The second kappa shape index (κ2) is 3.82. The van der Waals surface area contributed by atoms with Gasteiger partial charge in [0.05, 0.1) is 5.41 Å². The Kier molecular flexibility index (Phi) is 2.05. The van der Waals surface area contributed by atoms with Gasteiger partial charge in [-0.2, -0.15) is 0 Å². The van der Waals surface area contributed by atoms with Gasteiger partial charge >= 0.3 is 0 Å². The van der Waals surface area contributed by atoms with E-state index in [1.807, 2.05) is 6.07 Å². The van der Waals surface area contributed by atoms with Crippen LogP contribution in [-0.2, 0) is 5.41 Å². The summed E-state index contributed by atoms with van der Waals surface area (Å²) >= 11 is 0. The van der Waals surface area contributed by atoms with Gasteiger partial charge in [-0.25, -0.2) is 0 Å². The molecular formula is C18H14O3. The molecule has 3 aliphatic rings. The number of hydrogen-bond donors (Lipinski definition) is 0. The molecule has 0 bridgehead atoms. The van der Waals surface area contributed by atoms with Crippen LogP contribution in [0.25, 0.3) is 6.08 Å². The smallest absolute Gasteiger partial charge is 0.165 e. The van der Waals surface area contributed by atoms with Crippen LogP contribution in [0.2, 0.25) is 0 Å². The molecule has 3 nitrogen and oxygen atoms in total. The van der Waals surface area contributed by atoms with Gasteiger partial charge in [-0.3, -0.25) is 0 Å². The molecule has 1 spiro atoms. The molecule has 1 aliphatic carbocycles. The maximum atomic E-state index is 5.97. The Morgan fingerprint density at radius 2 is 1.62 bits per heavy atom. The van der Waals surface area contributed by atoms with E-state index in [2.05, 4.69) is 42.5 Å². The lowest BCUT2D eigenvalue weighted by atomic mass is 9.78. The first kappa shape index (κ1) is 11.3. The Bertz CT molecular complexity index is 778. The monoisotopic (exact) mass is 278 g/mol. The molecule has 0 amide bonds. The molecule has 104 valence electrons. The average molecular weight is 278 g/mol. The van der Waals surface area contributed by atoms with Crippen molar-refractivity contribution in [3.05, 3.63) is 59.2 Å². The minimum atomic E-state index is -0.179. The van der Waals surface area contributed by atoms with Crippen molar-refractivity contribution in [2.75, 3.05) is 19.8 Å². The molecule has 2 heterocycles. The first-order chi connectivity index (χ1) is 10.4. The molecule has 0 aromatic heterocycles. The third-order valence-corrected chi connectivity index (χ3v) is 4.57. The zero-order chi connectivity index (χ0) is 13.9. The van der Waals surface area contributed by atoms with Gasteiger partial charge in [0.1, 0.15) is 25.6 Å². The minimum Gasteiger partial charge on any atom is -0.491 e. The van der Waals surface area contributed by atoms with E-state index in [9.17, 15) is 0 Å². The second-order valence-electron chi connectivity index (χ2n) is 5.67. The van der Waals surface area contributed by atoms with Crippen molar-refractivity contribution in [2.24, 2.45) is 0 Å². The molecule has 0 saturated carbocycles. The molecule has 5 rings (SSSR count). The summed E-state index contributed by atoms with van der Waals surface area (Å²) in [5, 5.41) is 0. The van der Waals surface area contributed by atoms with Gasteiger partial charge in [0.15, 0.2) is 11.5 Å². The van der Waals surface area contributed by atoms with Crippen LogP contribution in [0.15, 0.2) is 42.5 Å². The average Bonchev–Trinajstić information content (AvgIpc) is 3.09. The molecule has 2 aromatic carbocycles. The lowest BCUT2D eigenvalue weighted by molar-refractivity contribution is 0.171. The third-order valence-electron chi connectivity index (χ3n) is 4.57. The van der Waals surface area contributed by atoms with Gasteiger partial charge in [-0.05, 0) is 17.2 Å². The molecule has 0 radical (unpaired) electrons. The maximum absolute atomic E-state index is 5.97. The van der Waals surface area contributed by atoms with Crippen LogP contribution in [0.1, 0.15) is 16.7 Å². The molecule has 0 N–H and O–H groups in total. The SMILES string of the molecule is C1=CC2(COc3cc4c(cc32)OCCO4)c2ccccc21. The van der Waals surface area contributed by atoms with Crippen LogP contribution < -0.4 is 14.2 Å². The van der Waals surface area contributed by atoms with Crippen molar-refractivity contribution in [2.45, 2.75) is 5.41 Å². The van der Waals surface area contributed by atoms with E-state index >= 15 is 0 Å². The molecule has 1 atom stereocenters. The highest BCUT2D eigenvalue weighted by Gasteiger charge is 2.44. The topological polar surface area (TPSA) is 27.7 Å². The van der Waals surface area contributed by atoms with Crippen molar-refractivity contribution >= 4 is 6.08 Å². The quantitative estimate of drug-likeness (QED) is 0.741. The lowest BCUT2D eigenvalue weighted by Crippen LogP contribution is -2.25. The van der Waals surface area contributed by atoms with Gasteiger partial charge in [-0.1, -0.05) is 36.4 Å². The second-order valence-corrected chi connectivity index (χ2v) is 5.67. The van der Waals surface area contributed by atoms with Gasteiger partial charge in [-0.15, -0.1) is 0 Å². The van der Waals surface area contributed by atoms with Crippen LogP contribution in [-0.4, -0.2) is 19.8 Å². The molecule has 2 aromatic rings. The maximum Gasteiger partial charge on any atom is 0.165 e. The zero-order valence-electron chi connectivity index (χ0n) is 11.5. The van der Waals surface area contributed by atoms with Crippen molar-refractivity contribution in [3.8, 4) is 17.2 Å². The summed E-state index contributed by atoms with van der Waals surface area (Å²) in [6.07, 6.45) is 4.43. The summed E-state index contributed by atoms with van der Waals surface area (Å²) in [7, 11) is 0. The molecular weight excluding hydrogens is 264 g/mol. The van der Waals surface area contributed by atoms with Crippen molar-refractivity contribution in [1.29, 1.82) is 0 Å². The number of benzene rings is 2. The van der Waals surface area contributed by atoms with Crippen LogP contribution in [0.3, 0.4) is 0 Å². The number of ether oxygens (including phenoxy) is 3. The van der Waals surface area contributed by atoms with E-state index in [0.717, 1.165) is 17.2 Å². The summed E-state index contributed by atoms with van der Waals surface area (Å²) in [6.45, 7) is 1.84. The fourth-order valence-electron chi connectivity index (χ4n) is 3.54. The highest BCUT2D eigenvalue weighted by molar-refractivity contribution is 5.73. The Hall–Kier alpha value is -2.42. The molecule has 2 aliphatic heterocycles. The summed E-state index contributed by atoms with van der Waals surface area (Å²) in [5.41, 5.74) is 3.57. The predicted molar refractivity (Wildman–Crippen MR) is 79.2 cm³/mol. The van der Waals surface area contributed by atoms with E-state index in [1.54, 1.807) is 0 Å². The Labute approximate surface area is 122 Å². The van der Waals surface area contributed by atoms with Gasteiger partial charge in [0.25, 0.3) is 0 Å². The zero-order valence-corrected chi connectivity index (χ0v) is 11.5. The Morgan fingerprint density at radius 3 is 2.52 bits per heavy atom. The Balaban J connectivity index is 1.73. The van der Waals surface area contributed by atoms with Crippen molar-refractivity contribution in [3.63, 3.8) is 0 Å². The third kappa shape index (κ3) is 1.38. The van der Waals surface area contributed by atoms with Gasteiger partial charge in [0.2, 0.25) is 0 Å². The fourth-order valence-corrected chi connectivity index (χ4v) is 3.54. The van der Waals surface area contributed by atoms with Crippen LogP contribution in [0, 0.1) is 0 Å². The summed E-state index contributed by atoms with van der Waals surface area (Å²) in [6, 6.07) is 12.5. The highest BCUT2D eigenvalue weighted by atomic mass is 16.6. The largest absolute Gasteiger partial charge is 0.491 e. The van der Waals surface area contributed by atoms with Crippen LogP contribution in [0.5, 0.6) is 17.2 Å². The number of hydrogen-bond acceptors (Lipinski definition) is 3. The first-order valence-corrected chi connectivity index (χ1v) is 7.22. The number of fused-ring (bicyclic) bond motifs is 5. The molecule has 0 fully saturated rings. The standard InChI is InChI=1S/C18H14O3/c1-2-4-13-12(3-1)5-6-18(13)11-21-15-10-17-16(9-14(15)18)19-7-8-20-17/h1-6,9-10H,7-8,11H2. The predicted octanol–water partition coefficient (Wildman–Crippen LogP) is 3.16. The van der Waals surface area contributed by atoms with Gasteiger partial charge < -0.3 is 14.2 Å². The molecule has 21 heavy (non-hydrogen) atoms. The van der Waals surface area contributed by atoms with Crippen molar-refractivity contribution < 1.29 is 14.2 Å². The van der Waals surface area contributed by atoms with E-state index in [0.29, 0.717) is 19.8 Å². The Morgan fingerprint density at radius 1 is 0.810 bits per heavy atom. The fraction of sp³-hybridized carbons (Fsp3) is 0.222. The summed E-state index contributed by atoms with van der Waals surface area (Å²) in [4.78, 5) is 0. The normalized spacial score (nSPS) is 23.8. The highest BCUT2D eigenvalue weighted by Crippen LogP contribution is 2.52. The summed E-state index contributed by atoms with van der Waals surface area (Å²) < 4.78 is 17.4. The summed E-state index contributed by atoms with van der Waals surface area (Å²) in [5.74, 6) is 2.51.